The Bertz CT molecular complexity index is 651. The summed E-state index contributed by atoms with van der Waals surface area (Å²) in [7, 11) is 0. The number of aromatic nitrogens is 1. The molecule has 1 heterocycles. The molecule has 0 aliphatic carbocycles. The van der Waals surface area contributed by atoms with E-state index in [0.29, 0.717) is 27.7 Å². The summed E-state index contributed by atoms with van der Waals surface area (Å²) in [6.07, 6.45) is 0.995. The minimum absolute atomic E-state index is 0.128. The van der Waals surface area contributed by atoms with E-state index in [1.54, 1.807) is 31.3 Å². The molecular formula is C12H11BrN2O3. The summed E-state index contributed by atoms with van der Waals surface area (Å²) in [5.41, 5.74) is 0.950. The largest absolute Gasteiger partial charge is 0.450 e. The summed E-state index contributed by atoms with van der Waals surface area (Å²) in [5.74, 6) is 0. The van der Waals surface area contributed by atoms with E-state index < -0.39 is 6.09 Å². The van der Waals surface area contributed by atoms with Gasteiger partial charge in [0.15, 0.2) is 0 Å². The van der Waals surface area contributed by atoms with Crippen LogP contribution < -0.4 is 10.7 Å². The van der Waals surface area contributed by atoms with Crippen LogP contribution in [0, 0.1) is 0 Å². The van der Waals surface area contributed by atoms with Crippen molar-refractivity contribution in [2.24, 2.45) is 0 Å². The maximum atomic E-state index is 11.9. The normalized spacial score (nSPS) is 10.3. The van der Waals surface area contributed by atoms with Crippen molar-refractivity contribution >= 4 is 38.6 Å². The Morgan fingerprint density at radius 1 is 1.50 bits per heavy atom. The van der Waals surface area contributed by atoms with E-state index in [-0.39, 0.29) is 5.43 Å². The van der Waals surface area contributed by atoms with E-state index in [2.05, 4.69) is 26.2 Å². The first-order valence-corrected chi connectivity index (χ1v) is 6.16. The minimum Gasteiger partial charge on any atom is -0.450 e. The maximum absolute atomic E-state index is 11.9. The smallest absolute Gasteiger partial charge is 0.411 e. The second-order valence-corrected chi connectivity index (χ2v) is 4.39. The highest BCUT2D eigenvalue weighted by atomic mass is 79.9. The van der Waals surface area contributed by atoms with Crippen LogP contribution in [0.5, 0.6) is 0 Å². The van der Waals surface area contributed by atoms with Gasteiger partial charge in [0, 0.05) is 11.6 Å². The molecule has 2 N–H and O–H groups in total. The molecule has 0 aliphatic rings. The van der Waals surface area contributed by atoms with Crippen LogP contribution in [-0.4, -0.2) is 17.7 Å². The number of nitrogens with one attached hydrogen (secondary N) is 2. The average Bonchev–Trinajstić information content (AvgIpc) is 2.35. The van der Waals surface area contributed by atoms with Crippen molar-refractivity contribution in [3.8, 4) is 0 Å². The molecule has 0 saturated carbocycles. The molecule has 18 heavy (non-hydrogen) atoms. The van der Waals surface area contributed by atoms with Crippen LogP contribution in [-0.2, 0) is 4.74 Å². The second kappa shape index (κ2) is 5.22. The van der Waals surface area contributed by atoms with Crippen LogP contribution in [0.2, 0.25) is 0 Å². The predicted octanol–water partition coefficient (Wildman–Crippen LogP) is 2.86. The lowest BCUT2D eigenvalue weighted by atomic mass is 10.2. The lowest BCUT2D eigenvalue weighted by Gasteiger charge is -2.08. The van der Waals surface area contributed by atoms with Crippen LogP contribution in [0.25, 0.3) is 10.9 Å². The zero-order valence-electron chi connectivity index (χ0n) is 9.62. The molecule has 6 heteroatoms. The molecule has 0 bridgehead atoms. The maximum Gasteiger partial charge on any atom is 0.411 e. The first-order valence-electron chi connectivity index (χ1n) is 5.37. The van der Waals surface area contributed by atoms with Crippen molar-refractivity contribution in [2.75, 3.05) is 11.9 Å². The molecule has 0 atom stereocenters. The number of amides is 1. The Labute approximate surface area is 111 Å². The fourth-order valence-electron chi connectivity index (χ4n) is 1.61. The number of anilines is 1. The fourth-order valence-corrected chi connectivity index (χ4v) is 1.94. The molecule has 94 valence electrons. The van der Waals surface area contributed by atoms with Crippen molar-refractivity contribution in [1.29, 1.82) is 0 Å². The van der Waals surface area contributed by atoms with Gasteiger partial charge in [0.2, 0.25) is 5.43 Å². The SMILES string of the molecule is CCOC(=O)Nc1cccc2c(=O)c(Br)c[nH]c12. The number of aromatic amines is 1. The Balaban J connectivity index is 2.50. The van der Waals surface area contributed by atoms with E-state index in [1.807, 2.05) is 0 Å². The highest BCUT2D eigenvalue weighted by Gasteiger charge is 2.09. The number of rotatable bonds is 2. The number of hydrogen-bond donors (Lipinski definition) is 2. The Morgan fingerprint density at radius 2 is 2.28 bits per heavy atom. The van der Waals surface area contributed by atoms with E-state index in [0.717, 1.165) is 0 Å². The topological polar surface area (TPSA) is 71.2 Å². The number of carbonyl (C=O) groups excluding carboxylic acids is 1. The summed E-state index contributed by atoms with van der Waals surface area (Å²) >= 11 is 3.16. The lowest BCUT2D eigenvalue weighted by Crippen LogP contribution is -2.14. The zero-order valence-corrected chi connectivity index (χ0v) is 11.2. The van der Waals surface area contributed by atoms with Gasteiger partial charge in [-0.25, -0.2) is 4.79 Å². The quantitative estimate of drug-likeness (QED) is 0.896. The van der Waals surface area contributed by atoms with Gasteiger partial charge >= 0.3 is 6.09 Å². The summed E-state index contributed by atoms with van der Waals surface area (Å²) in [6, 6.07) is 5.09. The van der Waals surface area contributed by atoms with Gasteiger partial charge in [-0.1, -0.05) is 6.07 Å². The van der Waals surface area contributed by atoms with Crippen molar-refractivity contribution in [3.63, 3.8) is 0 Å². The summed E-state index contributed by atoms with van der Waals surface area (Å²) in [6.45, 7) is 2.01. The molecule has 1 aromatic heterocycles. The Kier molecular flexibility index (Phi) is 3.66. The fraction of sp³-hybridized carbons (Fsp3) is 0.167. The lowest BCUT2D eigenvalue weighted by molar-refractivity contribution is 0.168. The third kappa shape index (κ3) is 2.38. The molecule has 0 unspecified atom stereocenters. The monoisotopic (exact) mass is 310 g/mol. The molecule has 2 rings (SSSR count). The summed E-state index contributed by atoms with van der Waals surface area (Å²) in [4.78, 5) is 26.2. The summed E-state index contributed by atoms with van der Waals surface area (Å²) in [5, 5.41) is 3.08. The van der Waals surface area contributed by atoms with Gasteiger partial charge in [0.1, 0.15) is 0 Å². The minimum atomic E-state index is -0.547. The van der Waals surface area contributed by atoms with E-state index in [4.69, 9.17) is 4.74 Å². The summed E-state index contributed by atoms with van der Waals surface area (Å²) < 4.78 is 5.24. The van der Waals surface area contributed by atoms with Gasteiger partial charge in [-0.15, -0.1) is 0 Å². The Morgan fingerprint density at radius 3 is 3.00 bits per heavy atom. The predicted molar refractivity (Wildman–Crippen MR) is 72.9 cm³/mol. The molecule has 0 radical (unpaired) electrons. The van der Waals surface area contributed by atoms with Crippen molar-refractivity contribution in [3.05, 3.63) is 39.1 Å². The molecule has 1 aromatic carbocycles. The first-order chi connectivity index (χ1) is 8.63. The zero-order chi connectivity index (χ0) is 13.1. The highest BCUT2D eigenvalue weighted by molar-refractivity contribution is 9.10. The van der Waals surface area contributed by atoms with Gasteiger partial charge in [-0.05, 0) is 35.0 Å². The van der Waals surface area contributed by atoms with E-state index in [1.165, 1.54) is 0 Å². The van der Waals surface area contributed by atoms with Crippen LogP contribution in [0.1, 0.15) is 6.92 Å². The van der Waals surface area contributed by atoms with Crippen LogP contribution >= 0.6 is 15.9 Å². The van der Waals surface area contributed by atoms with Gasteiger partial charge in [0.05, 0.1) is 22.3 Å². The van der Waals surface area contributed by atoms with E-state index in [9.17, 15) is 9.59 Å². The number of benzene rings is 1. The van der Waals surface area contributed by atoms with Gasteiger partial charge in [-0.2, -0.15) is 0 Å². The molecule has 0 aliphatic heterocycles. The Hall–Kier alpha value is -1.82. The number of H-pyrrole nitrogens is 1. The first kappa shape index (κ1) is 12.6. The molecule has 0 fully saturated rings. The molecule has 0 saturated heterocycles. The van der Waals surface area contributed by atoms with Crippen molar-refractivity contribution in [1.82, 2.24) is 4.98 Å². The number of fused-ring (bicyclic) bond motifs is 1. The number of pyridine rings is 1. The third-order valence-electron chi connectivity index (χ3n) is 2.38. The van der Waals surface area contributed by atoms with Gasteiger partial charge < -0.3 is 9.72 Å². The van der Waals surface area contributed by atoms with Crippen molar-refractivity contribution in [2.45, 2.75) is 6.92 Å². The van der Waals surface area contributed by atoms with Crippen LogP contribution in [0.4, 0.5) is 10.5 Å². The average molecular weight is 311 g/mol. The third-order valence-corrected chi connectivity index (χ3v) is 2.97. The standard InChI is InChI=1S/C12H11BrN2O3/c1-2-18-12(17)15-9-5-3-4-7-10(9)14-6-8(13)11(7)16/h3-6H,2H2,1H3,(H,14,16)(H,15,17). The molecule has 5 nitrogen and oxygen atoms in total. The second-order valence-electron chi connectivity index (χ2n) is 3.54. The number of halogens is 1. The molecule has 0 spiro atoms. The van der Waals surface area contributed by atoms with E-state index >= 15 is 0 Å². The van der Waals surface area contributed by atoms with Gasteiger partial charge in [-0.3, -0.25) is 10.1 Å². The van der Waals surface area contributed by atoms with Gasteiger partial charge in [0.25, 0.3) is 0 Å². The number of ether oxygens (including phenoxy) is 1. The molecule has 2 aromatic rings. The van der Waals surface area contributed by atoms with Crippen LogP contribution in [0.3, 0.4) is 0 Å². The number of carbonyl (C=O) groups is 1. The van der Waals surface area contributed by atoms with Crippen LogP contribution in [0.15, 0.2) is 33.7 Å². The number of para-hydroxylation sites is 1. The number of hydrogen-bond acceptors (Lipinski definition) is 3. The highest BCUT2D eigenvalue weighted by Crippen LogP contribution is 2.20. The van der Waals surface area contributed by atoms with Crippen molar-refractivity contribution < 1.29 is 9.53 Å². The molecule has 1 amide bonds. The molecular weight excluding hydrogens is 300 g/mol.